The molecule has 0 unspecified atom stereocenters. The molecule has 0 radical (unpaired) electrons. The van der Waals surface area contributed by atoms with Crippen LogP contribution in [0.3, 0.4) is 0 Å². The van der Waals surface area contributed by atoms with Gasteiger partial charge in [0.25, 0.3) is 0 Å². The Kier molecular flexibility index (Phi) is 5.31. The summed E-state index contributed by atoms with van der Waals surface area (Å²) in [5.41, 5.74) is 0.543. The Morgan fingerprint density at radius 1 is 1.45 bits per heavy atom. The number of amides is 3. The van der Waals surface area contributed by atoms with Crippen LogP contribution in [-0.4, -0.2) is 24.5 Å². The molecule has 116 valence electrons. The van der Waals surface area contributed by atoms with Gasteiger partial charge in [0.15, 0.2) is 0 Å². The second-order valence-electron chi connectivity index (χ2n) is 5.08. The van der Waals surface area contributed by atoms with Crippen molar-refractivity contribution in [1.29, 1.82) is 5.26 Å². The molecule has 0 saturated carbocycles. The molecule has 1 saturated heterocycles. The highest BCUT2D eigenvalue weighted by Crippen LogP contribution is 2.10. The van der Waals surface area contributed by atoms with Crippen molar-refractivity contribution < 1.29 is 14.0 Å². The highest BCUT2D eigenvalue weighted by atomic mass is 19.1. The average molecular weight is 304 g/mol. The third-order valence-corrected chi connectivity index (χ3v) is 3.45. The van der Waals surface area contributed by atoms with Crippen LogP contribution in [-0.2, 0) is 11.3 Å². The molecular formula is C15H17FN4O2. The molecule has 0 bridgehead atoms. The van der Waals surface area contributed by atoms with E-state index in [1.165, 1.54) is 18.2 Å². The molecule has 3 N–H and O–H groups in total. The zero-order valence-corrected chi connectivity index (χ0v) is 12.0. The van der Waals surface area contributed by atoms with Crippen LogP contribution in [0, 0.1) is 17.1 Å². The minimum atomic E-state index is -0.571. The smallest absolute Gasteiger partial charge is 0.315 e. The van der Waals surface area contributed by atoms with Gasteiger partial charge in [-0.15, -0.1) is 0 Å². The van der Waals surface area contributed by atoms with Crippen molar-refractivity contribution in [2.24, 2.45) is 0 Å². The third-order valence-electron chi connectivity index (χ3n) is 3.45. The van der Waals surface area contributed by atoms with Gasteiger partial charge in [0.1, 0.15) is 11.9 Å². The summed E-state index contributed by atoms with van der Waals surface area (Å²) < 4.78 is 13.6. The Morgan fingerprint density at radius 2 is 2.27 bits per heavy atom. The maximum atomic E-state index is 13.6. The van der Waals surface area contributed by atoms with E-state index in [1.54, 1.807) is 0 Å². The lowest BCUT2D eigenvalue weighted by atomic mass is 10.1. The van der Waals surface area contributed by atoms with Crippen LogP contribution in [0.2, 0.25) is 0 Å². The predicted molar refractivity (Wildman–Crippen MR) is 77.1 cm³/mol. The fourth-order valence-electron chi connectivity index (χ4n) is 2.24. The van der Waals surface area contributed by atoms with Crippen molar-refractivity contribution in [3.63, 3.8) is 0 Å². The molecule has 22 heavy (non-hydrogen) atoms. The highest BCUT2D eigenvalue weighted by molar-refractivity contribution is 5.87. The van der Waals surface area contributed by atoms with Gasteiger partial charge >= 0.3 is 6.03 Å². The first-order chi connectivity index (χ1) is 10.6. The molecule has 1 heterocycles. The topological polar surface area (TPSA) is 94.0 Å². The molecule has 1 aromatic rings. The summed E-state index contributed by atoms with van der Waals surface area (Å²) in [7, 11) is 0. The predicted octanol–water partition coefficient (Wildman–Crippen LogP) is 1.17. The Hall–Kier alpha value is -2.62. The van der Waals surface area contributed by atoms with Crippen molar-refractivity contribution in [2.75, 3.05) is 6.54 Å². The van der Waals surface area contributed by atoms with E-state index in [-0.39, 0.29) is 18.0 Å². The third kappa shape index (κ3) is 4.19. The summed E-state index contributed by atoms with van der Waals surface area (Å²) >= 11 is 0. The largest absolute Gasteiger partial charge is 0.354 e. The number of urea groups is 1. The van der Waals surface area contributed by atoms with Crippen LogP contribution in [0.4, 0.5) is 9.18 Å². The van der Waals surface area contributed by atoms with Crippen LogP contribution in [0.15, 0.2) is 18.2 Å². The van der Waals surface area contributed by atoms with Gasteiger partial charge in [0.2, 0.25) is 5.91 Å². The molecule has 6 nitrogen and oxygen atoms in total. The maximum absolute atomic E-state index is 13.6. The van der Waals surface area contributed by atoms with E-state index in [0.717, 1.165) is 12.8 Å². The van der Waals surface area contributed by atoms with Gasteiger partial charge in [-0.2, -0.15) is 5.26 Å². The summed E-state index contributed by atoms with van der Waals surface area (Å²) in [5, 5.41) is 16.6. The second-order valence-corrected chi connectivity index (χ2v) is 5.08. The van der Waals surface area contributed by atoms with E-state index >= 15 is 0 Å². The van der Waals surface area contributed by atoms with Crippen molar-refractivity contribution in [1.82, 2.24) is 16.0 Å². The first-order valence-corrected chi connectivity index (χ1v) is 7.11. The molecule has 1 aromatic carbocycles. The molecule has 1 aliphatic heterocycles. The van der Waals surface area contributed by atoms with Crippen LogP contribution in [0.1, 0.15) is 30.4 Å². The Balaban J connectivity index is 1.90. The van der Waals surface area contributed by atoms with Crippen LogP contribution in [0.5, 0.6) is 0 Å². The number of hydrogen-bond donors (Lipinski definition) is 3. The fourth-order valence-corrected chi connectivity index (χ4v) is 2.24. The van der Waals surface area contributed by atoms with Crippen LogP contribution < -0.4 is 16.0 Å². The van der Waals surface area contributed by atoms with Crippen molar-refractivity contribution in [3.8, 4) is 6.07 Å². The molecule has 2 rings (SSSR count). The van der Waals surface area contributed by atoms with Gasteiger partial charge < -0.3 is 16.0 Å². The first-order valence-electron chi connectivity index (χ1n) is 7.11. The molecule has 1 fully saturated rings. The summed E-state index contributed by atoms with van der Waals surface area (Å²) in [6.07, 6.45) is 2.32. The number of hydrogen-bond acceptors (Lipinski definition) is 3. The first kappa shape index (κ1) is 15.8. The number of nitrogens with one attached hydrogen (secondary N) is 3. The van der Waals surface area contributed by atoms with E-state index in [2.05, 4.69) is 16.0 Å². The molecule has 0 aromatic heterocycles. The summed E-state index contributed by atoms with van der Waals surface area (Å²) in [6.45, 7) is 0.562. The minimum Gasteiger partial charge on any atom is -0.354 e. The minimum absolute atomic E-state index is 0.0540. The molecular weight excluding hydrogens is 287 g/mol. The van der Waals surface area contributed by atoms with Gasteiger partial charge in [0, 0.05) is 18.7 Å². The Labute approximate surface area is 127 Å². The number of carbonyl (C=O) groups is 2. The zero-order chi connectivity index (χ0) is 15.9. The maximum Gasteiger partial charge on any atom is 0.315 e. The van der Waals surface area contributed by atoms with Gasteiger partial charge in [-0.05, 0) is 37.5 Å². The number of nitrogens with zero attached hydrogens (tertiary/aromatic N) is 1. The number of halogens is 1. The van der Waals surface area contributed by atoms with Crippen molar-refractivity contribution in [3.05, 3.63) is 35.1 Å². The second kappa shape index (κ2) is 7.41. The number of rotatable bonds is 3. The molecule has 7 heteroatoms. The molecule has 0 spiro atoms. The van der Waals surface area contributed by atoms with Gasteiger partial charge in [0.05, 0.1) is 11.6 Å². The normalized spacial score (nSPS) is 17.8. The highest BCUT2D eigenvalue weighted by Gasteiger charge is 2.22. The van der Waals surface area contributed by atoms with Gasteiger partial charge in [-0.3, -0.25) is 4.79 Å². The number of benzene rings is 1. The van der Waals surface area contributed by atoms with E-state index in [0.29, 0.717) is 18.5 Å². The Bertz CT molecular complexity index is 612. The Morgan fingerprint density at radius 3 is 3.05 bits per heavy atom. The van der Waals surface area contributed by atoms with E-state index in [4.69, 9.17) is 5.26 Å². The standard InChI is InChI=1S/C15H17FN4O2/c16-12-5-4-10(8-17)7-11(12)9-19-15(22)20-13-3-1-2-6-18-14(13)21/h4-5,7,13H,1-3,6,9H2,(H,18,21)(H2,19,20,22)/t13-/m1/s1. The molecule has 0 aliphatic carbocycles. The summed E-state index contributed by atoms with van der Waals surface area (Å²) in [6, 6.07) is 4.74. The van der Waals surface area contributed by atoms with E-state index < -0.39 is 17.9 Å². The monoisotopic (exact) mass is 304 g/mol. The fraction of sp³-hybridized carbons (Fsp3) is 0.400. The SMILES string of the molecule is N#Cc1ccc(F)c(CNC(=O)N[C@@H]2CCCCNC2=O)c1. The van der Waals surface area contributed by atoms with Crippen molar-refractivity contribution in [2.45, 2.75) is 31.8 Å². The molecule has 1 aliphatic rings. The zero-order valence-electron chi connectivity index (χ0n) is 12.0. The van der Waals surface area contributed by atoms with Crippen LogP contribution in [0.25, 0.3) is 0 Å². The quantitative estimate of drug-likeness (QED) is 0.782. The summed E-state index contributed by atoms with van der Waals surface area (Å²) in [5.74, 6) is -0.697. The van der Waals surface area contributed by atoms with E-state index in [9.17, 15) is 14.0 Å². The summed E-state index contributed by atoms with van der Waals surface area (Å²) in [4.78, 5) is 23.5. The van der Waals surface area contributed by atoms with Crippen LogP contribution >= 0.6 is 0 Å². The van der Waals surface area contributed by atoms with E-state index in [1.807, 2.05) is 6.07 Å². The average Bonchev–Trinajstić information content (AvgIpc) is 2.71. The van der Waals surface area contributed by atoms with Crippen molar-refractivity contribution >= 4 is 11.9 Å². The lowest BCUT2D eigenvalue weighted by Gasteiger charge is -2.16. The lowest BCUT2D eigenvalue weighted by molar-refractivity contribution is -0.122. The lowest BCUT2D eigenvalue weighted by Crippen LogP contribution is -2.48. The molecule has 1 atom stereocenters. The van der Waals surface area contributed by atoms with Gasteiger partial charge in [-0.1, -0.05) is 0 Å². The number of carbonyl (C=O) groups excluding carboxylic acids is 2. The van der Waals surface area contributed by atoms with Gasteiger partial charge in [-0.25, -0.2) is 9.18 Å². The molecule has 3 amide bonds. The number of nitriles is 1.